The molecule has 0 amide bonds. The van der Waals surface area contributed by atoms with Crippen LogP contribution in [0.3, 0.4) is 0 Å². The first kappa shape index (κ1) is 12.8. The number of nitrogens with zero attached hydrogens (tertiary/aromatic N) is 1. The number of hydrogen-bond acceptors (Lipinski definition) is 4. The van der Waals surface area contributed by atoms with Crippen LogP contribution in [0.15, 0.2) is 0 Å². The summed E-state index contributed by atoms with van der Waals surface area (Å²) in [5.41, 5.74) is 0. The third-order valence-corrected chi connectivity index (χ3v) is 3.68. The molecule has 0 aromatic heterocycles. The number of aliphatic carboxylic acids is 1. The van der Waals surface area contributed by atoms with Gasteiger partial charge >= 0.3 is 5.97 Å². The monoisotopic (exact) mass is 233 g/mol. The van der Waals surface area contributed by atoms with Crippen molar-refractivity contribution in [2.75, 3.05) is 38.3 Å². The van der Waals surface area contributed by atoms with Crippen LogP contribution in [-0.4, -0.2) is 60.3 Å². The summed E-state index contributed by atoms with van der Waals surface area (Å²) in [6.45, 7) is 1.47. The van der Waals surface area contributed by atoms with Crippen molar-refractivity contribution in [3.63, 3.8) is 0 Å². The van der Waals surface area contributed by atoms with Gasteiger partial charge in [-0.05, 0) is 24.3 Å². The predicted molar refractivity (Wildman–Crippen MR) is 61.4 cm³/mol. The van der Waals surface area contributed by atoms with Gasteiger partial charge in [0.2, 0.25) is 0 Å². The molecule has 1 rings (SSSR count). The Morgan fingerprint density at radius 2 is 2.20 bits per heavy atom. The van der Waals surface area contributed by atoms with Gasteiger partial charge in [0.1, 0.15) is 0 Å². The highest BCUT2D eigenvalue weighted by molar-refractivity contribution is 7.99. The Kier molecular flexibility index (Phi) is 6.05. The maximum absolute atomic E-state index is 10.7. The van der Waals surface area contributed by atoms with Crippen molar-refractivity contribution in [1.82, 2.24) is 4.90 Å². The predicted octanol–water partition coefficient (Wildman–Crippen LogP) is 0.915. The van der Waals surface area contributed by atoms with E-state index in [0.717, 1.165) is 30.9 Å². The molecule has 1 aliphatic heterocycles. The van der Waals surface area contributed by atoms with E-state index in [4.69, 9.17) is 9.84 Å². The van der Waals surface area contributed by atoms with Crippen LogP contribution in [0.1, 0.15) is 12.8 Å². The molecule has 0 unspecified atom stereocenters. The van der Waals surface area contributed by atoms with Crippen molar-refractivity contribution >= 4 is 17.7 Å². The number of ether oxygens (including phenoxy) is 1. The third kappa shape index (κ3) is 4.86. The van der Waals surface area contributed by atoms with Crippen LogP contribution < -0.4 is 0 Å². The third-order valence-electron chi connectivity index (χ3n) is 2.63. The van der Waals surface area contributed by atoms with Crippen molar-refractivity contribution < 1.29 is 14.6 Å². The van der Waals surface area contributed by atoms with Gasteiger partial charge in [0.05, 0.1) is 13.2 Å². The highest BCUT2D eigenvalue weighted by Crippen LogP contribution is 2.21. The lowest BCUT2D eigenvalue weighted by Gasteiger charge is -2.32. The lowest BCUT2D eigenvalue weighted by atomic mass is 10.1. The van der Waals surface area contributed by atoms with Crippen molar-refractivity contribution in [1.29, 1.82) is 0 Å². The van der Waals surface area contributed by atoms with E-state index >= 15 is 0 Å². The molecular formula is C10H19NO3S. The quantitative estimate of drug-likeness (QED) is 0.739. The van der Waals surface area contributed by atoms with Crippen LogP contribution in [0, 0.1) is 0 Å². The van der Waals surface area contributed by atoms with Gasteiger partial charge in [-0.25, -0.2) is 0 Å². The van der Waals surface area contributed by atoms with E-state index in [-0.39, 0.29) is 6.54 Å². The summed E-state index contributed by atoms with van der Waals surface area (Å²) in [6, 6.07) is 0.428. The molecule has 1 N–H and O–H groups in total. The summed E-state index contributed by atoms with van der Waals surface area (Å²) in [4.78, 5) is 12.8. The number of methoxy groups -OCH3 is 1. The smallest absolute Gasteiger partial charge is 0.317 e. The molecule has 4 nitrogen and oxygen atoms in total. The largest absolute Gasteiger partial charge is 0.480 e. The van der Waals surface area contributed by atoms with E-state index in [1.807, 2.05) is 16.7 Å². The number of carboxylic acids is 1. The average molecular weight is 233 g/mol. The molecule has 88 valence electrons. The van der Waals surface area contributed by atoms with Crippen molar-refractivity contribution in [2.24, 2.45) is 0 Å². The second-order valence-electron chi connectivity index (χ2n) is 3.70. The van der Waals surface area contributed by atoms with E-state index in [2.05, 4.69) is 0 Å². The summed E-state index contributed by atoms with van der Waals surface area (Å²) < 4.78 is 5.00. The SMILES string of the molecule is COCCN(CC(=O)O)C1CCSCC1. The molecule has 1 fully saturated rings. The van der Waals surface area contributed by atoms with Crippen molar-refractivity contribution in [2.45, 2.75) is 18.9 Å². The number of rotatable bonds is 6. The van der Waals surface area contributed by atoms with E-state index in [1.54, 1.807) is 7.11 Å². The Hall–Kier alpha value is -0.260. The Bertz CT molecular complexity index is 195. The highest BCUT2D eigenvalue weighted by Gasteiger charge is 2.22. The van der Waals surface area contributed by atoms with Crippen LogP contribution >= 0.6 is 11.8 Å². The molecule has 0 saturated carbocycles. The number of hydrogen-bond donors (Lipinski definition) is 1. The highest BCUT2D eigenvalue weighted by atomic mass is 32.2. The van der Waals surface area contributed by atoms with Crippen molar-refractivity contribution in [3.8, 4) is 0 Å². The topological polar surface area (TPSA) is 49.8 Å². The van der Waals surface area contributed by atoms with Crippen LogP contribution in [0.2, 0.25) is 0 Å². The zero-order chi connectivity index (χ0) is 11.1. The normalized spacial score (nSPS) is 18.3. The second kappa shape index (κ2) is 7.09. The fraction of sp³-hybridized carbons (Fsp3) is 0.900. The molecule has 5 heteroatoms. The van der Waals surface area contributed by atoms with Gasteiger partial charge in [0, 0.05) is 19.7 Å². The fourth-order valence-corrected chi connectivity index (χ4v) is 2.90. The zero-order valence-electron chi connectivity index (χ0n) is 9.15. The standard InChI is InChI=1S/C10H19NO3S/c1-14-5-4-11(8-10(12)13)9-2-6-15-7-3-9/h9H,2-8H2,1H3,(H,12,13). The molecule has 0 atom stereocenters. The Morgan fingerprint density at radius 1 is 1.53 bits per heavy atom. The summed E-state index contributed by atoms with van der Waals surface area (Å²) in [6.07, 6.45) is 2.20. The first-order chi connectivity index (χ1) is 7.24. The van der Waals surface area contributed by atoms with E-state index in [1.165, 1.54) is 0 Å². The molecule has 0 aromatic carbocycles. The Morgan fingerprint density at radius 3 is 2.73 bits per heavy atom. The summed E-state index contributed by atoms with van der Waals surface area (Å²) in [7, 11) is 1.65. The molecule has 1 heterocycles. The minimum Gasteiger partial charge on any atom is -0.480 e. The van der Waals surface area contributed by atoms with Gasteiger partial charge in [-0.1, -0.05) is 0 Å². The van der Waals surface area contributed by atoms with Crippen LogP contribution in [0.5, 0.6) is 0 Å². The van der Waals surface area contributed by atoms with E-state index in [0.29, 0.717) is 12.6 Å². The van der Waals surface area contributed by atoms with Crippen LogP contribution in [0.4, 0.5) is 0 Å². The van der Waals surface area contributed by atoms with E-state index in [9.17, 15) is 4.79 Å². The molecule has 0 aliphatic carbocycles. The molecule has 0 spiro atoms. The second-order valence-corrected chi connectivity index (χ2v) is 4.93. The van der Waals surface area contributed by atoms with Gasteiger partial charge in [0.15, 0.2) is 0 Å². The molecule has 15 heavy (non-hydrogen) atoms. The van der Waals surface area contributed by atoms with Gasteiger partial charge in [0.25, 0.3) is 0 Å². The zero-order valence-corrected chi connectivity index (χ0v) is 9.96. The first-order valence-electron chi connectivity index (χ1n) is 5.26. The van der Waals surface area contributed by atoms with E-state index < -0.39 is 5.97 Å². The van der Waals surface area contributed by atoms with Crippen LogP contribution in [0.25, 0.3) is 0 Å². The first-order valence-corrected chi connectivity index (χ1v) is 6.42. The lowest BCUT2D eigenvalue weighted by molar-refractivity contribution is -0.139. The number of carboxylic acid groups (broad SMARTS) is 1. The molecule has 1 saturated heterocycles. The average Bonchev–Trinajstić information content (AvgIpc) is 2.25. The minimum atomic E-state index is -0.746. The molecular weight excluding hydrogens is 214 g/mol. The van der Waals surface area contributed by atoms with Gasteiger partial charge in [-0.15, -0.1) is 0 Å². The van der Waals surface area contributed by atoms with Gasteiger partial charge in [-0.3, -0.25) is 9.69 Å². The molecule has 0 bridgehead atoms. The number of thioether (sulfide) groups is 1. The summed E-state index contributed by atoms with van der Waals surface area (Å²) >= 11 is 1.95. The van der Waals surface area contributed by atoms with Gasteiger partial charge < -0.3 is 9.84 Å². The number of carbonyl (C=O) groups is 1. The Balaban J connectivity index is 2.41. The maximum Gasteiger partial charge on any atom is 0.317 e. The fourth-order valence-electron chi connectivity index (χ4n) is 1.82. The molecule has 0 aromatic rings. The minimum absolute atomic E-state index is 0.138. The van der Waals surface area contributed by atoms with Crippen molar-refractivity contribution in [3.05, 3.63) is 0 Å². The van der Waals surface area contributed by atoms with Gasteiger partial charge in [-0.2, -0.15) is 11.8 Å². The van der Waals surface area contributed by atoms with Crippen LogP contribution in [-0.2, 0) is 9.53 Å². The summed E-state index contributed by atoms with van der Waals surface area (Å²) in [5, 5.41) is 8.83. The maximum atomic E-state index is 10.7. The molecule has 1 aliphatic rings. The summed E-state index contributed by atoms with van der Waals surface area (Å²) in [5.74, 6) is 1.55. The Labute approximate surface area is 95.0 Å². The molecule has 0 radical (unpaired) electrons. The lowest BCUT2D eigenvalue weighted by Crippen LogP contribution is -2.42.